The van der Waals surface area contributed by atoms with E-state index in [9.17, 15) is 14.6 Å². The highest BCUT2D eigenvalue weighted by atomic mass is 79.9. The quantitative estimate of drug-likeness (QED) is 0.700. The molecule has 0 fully saturated rings. The van der Waals surface area contributed by atoms with E-state index in [0.717, 1.165) is 6.07 Å². The van der Waals surface area contributed by atoms with Gasteiger partial charge in [0.25, 0.3) is 0 Å². The highest BCUT2D eigenvalue weighted by Gasteiger charge is 2.20. The molecule has 0 bridgehead atoms. The number of nitrogen functional groups attached to an aromatic ring is 1. The normalized spacial score (nSPS) is 10.6. The van der Waals surface area contributed by atoms with Crippen molar-refractivity contribution in [2.75, 3.05) is 5.73 Å². The van der Waals surface area contributed by atoms with Gasteiger partial charge in [0.2, 0.25) is 0 Å². The molecule has 1 aromatic heterocycles. The van der Waals surface area contributed by atoms with Crippen LogP contribution in [0, 0.1) is 5.82 Å². The van der Waals surface area contributed by atoms with Crippen LogP contribution < -0.4 is 5.73 Å². The van der Waals surface area contributed by atoms with E-state index in [-0.39, 0.29) is 21.6 Å². The molecular formula is C9H6BrFN2O3. The molecule has 16 heavy (non-hydrogen) atoms. The molecule has 0 aliphatic rings. The lowest BCUT2D eigenvalue weighted by Crippen LogP contribution is -1.85. The number of hydrogen-bond donors (Lipinski definition) is 3. The average Bonchev–Trinajstić information content (AvgIpc) is 2.61. The maximum Gasteiger partial charge on any atom is 0.194 e. The minimum Gasteiger partial charge on any atom is -0.504 e. The van der Waals surface area contributed by atoms with Gasteiger partial charge in [-0.05, 0) is 22.0 Å². The Morgan fingerprint density at radius 2 is 2.00 bits per heavy atom. The van der Waals surface area contributed by atoms with Crippen molar-refractivity contribution in [3.8, 4) is 22.8 Å². The summed E-state index contributed by atoms with van der Waals surface area (Å²) in [5, 5.41) is 22.2. The van der Waals surface area contributed by atoms with Gasteiger partial charge >= 0.3 is 0 Å². The van der Waals surface area contributed by atoms with Gasteiger partial charge in [-0.2, -0.15) is 0 Å². The Kier molecular flexibility index (Phi) is 2.47. The molecule has 0 atom stereocenters. The molecule has 0 unspecified atom stereocenters. The smallest absolute Gasteiger partial charge is 0.194 e. The molecule has 1 aromatic carbocycles. The van der Waals surface area contributed by atoms with Crippen LogP contribution in [-0.2, 0) is 0 Å². The van der Waals surface area contributed by atoms with Crippen molar-refractivity contribution < 1.29 is 19.1 Å². The lowest BCUT2D eigenvalue weighted by molar-refractivity contribution is 0.376. The van der Waals surface area contributed by atoms with Crippen LogP contribution >= 0.6 is 15.9 Å². The van der Waals surface area contributed by atoms with Crippen LogP contribution in [0.4, 0.5) is 10.2 Å². The Hall–Kier alpha value is -1.76. The zero-order valence-electron chi connectivity index (χ0n) is 7.74. The SMILES string of the molecule is Nc1cc(-c2c(Br)cc(F)c(O)c2O)on1. The van der Waals surface area contributed by atoms with Crippen LogP contribution in [0.2, 0.25) is 0 Å². The molecule has 84 valence electrons. The van der Waals surface area contributed by atoms with Gasteiger partial charge in [-0.1, -0.05) is 5.16 Å². The Balaban J connectivity index is 2.70. The number of halogens is 2. The number of hydrogen-bond acceptors (Lipinski definition) is 5. The van der Waals surface area contributed by atoms with Crippen molar-refractivity contribution in [2.45, 2.75) is 0 Å². The highest BCUT2D eigenvalue weighted by Crippen LogP contribution is 2.43. The summed E-state index contributed by atoms with van der Waals surface area (Å²) >= 11 is 3.04. The molecule has 0 radical (unpaired) electrons. The maximum absolute atomic E-state index is 13.0. The molecule has 5 nitrogen and oxygen atoms in total. The molecule has 0 saturated carbocycles. The van der Waals surface area contributed by atoms with Crippen molar-refractivity contribution >= 4 is 21.7 Å². The Morgan fingerprint density at radius 1 is 1.31 bits per heavy atom. The number of nitrogens with zero attached hydrogens (tertiary/aromatic N) is 1. The van der Waals surface area contributed by atoms with E-state index in [1.807, 2.05) is 0 Å². The van der Waals surface area contributed by atoms with Gasteiger partial charge in [-0.3, -0.25) is 0 Å². The molecule has 0 saturated heterocycles. The molecule has 0 aliphatic heterocycles. The van der Waals surface area contributed by atoms with Crippen LogP contribution in [0.25, 0.3) is 11.3 Å². The second-order valence-electron chi connectivity index (χ2n) is 3.03. The summed E-state index contributed by atoms with van der Waals surface area (Å²) in [7, 11) is 0. The van der Waals surface area contributed by atoms with Crippen LogP contribution in [0.3, 0.4) is 0 Å². The predicted octanol–water partition coefficient (Wildman–Crippen LogP) is 2.24. The molecule has 0 aliphatic carbocycles. The summed E-state index contributed by atoms with van der Waals surface area (Å²) in [6.45, 7) is 0. The van der Waals surface area contributed by atoms with Gasteiger partial charge in [0.05, 0.1) is 5.56 Å². The summed E-state index contributed by atoms with van der Waals surface area (Å²) in [4.78, 5) is 0. The van der Waals surface area contributed by atoms with Crippen molar-refractivity contribution in [1.29, 1.82) is 0 Å². The van der Waals surface area contributed by atoms with E-state index in [1.165, 1.54) is 6.07 Å². The predicted molar refractivity (Wildman–Crippen MR) is 57.3 cm³/mol. The highest BCUT2D eigenvalue weighted by molar-refractivity contribution is 9.10. The van der Waals surface area contributed by atoms with E-state index in [4.69, 9.17) is 10.3 Å². The Morgan fingerprint density at radius 3 is 2.56 bits per heavy atom. The van der Waals surface area contributed by atoms with E-state index in [1.54, 1.807) is 0 Å². The first-order chi connectivity index (χ1) is 7.50. The van der Waals surface area contributed by atoms with Crippen molar-refractivity contribution in [2.24, 2.45) is 0 Å². The van der Waals surface area contributed by atoms with E-state index < -0.39 is 17.3 Å². The summed E-state index contributed by atoms with van der Waals surface area (Å²) in [5.41, 5.74) is 5.43. The number of anilines is 1. The molecule has 0 spiro atoms. The number of aromatic nitrogens is 1. The number of benzene rings is 1. The summed E-state index contributed by atoms with van der Waals surface area (Å²) in [6.07, 6.45) is 0. The number of phenols is 2. The second kappa shape index (κ2) is 3.67. The summed E-state index contributed by atoms with van der Waals surface area (Å²) < 4.78 is 18.1. The number of nitrogens with two attached hydrogens (primary N) is 1. The molecule has 2 rings (SSSR count). The largest absolute Gasteiger partial charge is 0.504 e. The lowest BCUT2D eigenvalue weighted by Gasteiger charge is -2.06. The van der Waals surface area contributed by atoms with Gasteiger partial charge < -0.3 is 20.5 Å². The maximum atomic E-state index is 13.0. The lowest BCUT2D eigenvalue weighted by atomic mass is 10.1. The fourth-order valence-electron chi connectivity index (χ4n) is 1.24. The fraction of sp³-hybridized carbons (Fsp3) is 0. The second-order valence-corrected chi connectivity index (χ2v) is 3.88. The Bertz CT molecular complexity index is 556. The fourth-order valence-corrected chi connectivity index (χ4v) is 1.82. The average molecular weight is 289 g/mol. The van der Waals surface area contributed by atoms with Gasteiger partial charge in [-0.15, -0.1) is 0 Å². The van der Waals surface area contributed by atoms with Crippen LogP contribution in [0.1, 0.15) is 0 Å². The standard InChI is InChI=1S/C9H6BrFN2O3/c10-3-1-4(11)8(14)9(15)7(3)5-2-6(12)13-16-5/h1-2,14-15H,(H2,12,13). The van der Waals surface area contributed by atoms with Crippen molar-refractivity contribution in [1.82, 2.24) is 5.16 Å². The molecule has 0 amide bonds. The van der Waals surface area contributed by atoms with Gasteiger partial charge in [0, 0.05) is 10.5 Å². The minimum absolute atomic E-state index is 0.0862. The third-order valence-electron chi connectivity index (χ3n) is 1.95. The third-order valence-corrected chi connectivity index (χ3v) is 2.58. The first-order valence-electron chi connectivity index (χ1n) is 4.13. The number of aromatic hydroxyl groups is 2. The van der Waals surface area contributed by atoms with Gasteiger partial charge in [0.15, 0.2) is 28.9 Å². The summed E-state index contributed by atoms with van der Waals surface area (Å²) in [5.74, 6) is -2.20. The topological polar surface area (TPSA) is 92.5 Å². The van der Waals surface area contributed by atoms with Crippen LogP contribution in [0.15, 0.2) is 21.1 Å². The first-order valence-corrected chi connectivity index (χ1v) is 4.92. The molecule has 2 aromatic rings. The first kappa shape index (κ1) is 10.7. The molecular weight excluding hydrogens is 283 g/mol. The molecule has 7 heteroatoms. The minimum atomic E-state index is -0.944. The monoisotopic (exact) mass is 288 g/mol. The van der Waals surface area contributed by atoms with Crippen molar-refractivity contribution in [3.63, 3.8) is 0 Å². The summed E-state index contributed by atoms with van der Waals surface area (Å²) in [6, 6.07) is 2.35. The van der Waals surface area contributed by atoms with E-state index in [2.05, 4.69) is 21.1 Å². The van der Waals surface area contributed by atoms with Gasteiger partial charge in [0.1, 0.15) is 0 Å². The molecule has 4 N–H and O–H groups in total. The Labute approximate surface area is 97.4 Å². The van der Waals surface area contributed by atoms with Crippen LogP contribution in [-0.4, -0.2) is 15.4 Å². The number of rotatable bonds is 1. The third kappa shape index (κ3) is 1.58. The zero-order chi connectivity index (χ0) is 11.9. The molecule has 1 heterocycles. The number of phenolic OH excluding ortho intramolecular Hbond substituents is 2. The van der Waals surface area contributed by atoms with Gasteiger partial charge in [-0.25, -0.2) is 4.39 Å². The van der Waals surface area contributed by atoms with E-state index in [0.29, 0.717) is 0 Å². The van der Waals surface area contributed by atoms with Crippen LogP contribution in [0.5, 0.6) is 11.5 Å². The van der Waals surface area contributed by atoms with E-state index >= 15 is 0 Å². The van der Waals surface area contributed by atoms with Crippen molar-refractivity contribution in [3.05, 3.63) is 22.4 Å². The zero-order valence-corrected chi connectivity index (χ0v) is 9.32.